The molecule has 7 heteroatoms. The second kappa shape index (κ2) is 12.6. The number of amides is 1. The highest BCUT2D eigenvalue weighted by Crippen LogP contribution is 2.23. The molecule has 0 saturated heterocycles. The van der Waals surface area contributed by atoms with Crippen molar-refractivity contribution in [3.05, 3.63) is 95.0 Å². The van der Waals surface area contributed by atoms with E-state index in [1.807, 2.05) is 78.9 Å². The second-order valence-electron chi connectivity index (χ2n) is 7.92. The first kappa shape index (κ1) is 25.0. The van der Waals surface area contributed by atoms with Crippen LogP contribution >= 0.6 is 11.6 Å². The predicted octanol–water partition coefficient (Wildman–Crippen LogP) is 5.03. The van der Waals surface area contributed by atoms with Crippen molar-refractivity contribution in [3.8, 4) is 11.1 Å². The van der Waals surface area contributed by atoms with Gasteiger partial charge in [0.25, 0.3) is 0 Å². The third kappa shape index (κ3) is 8.37. The van der Waals surface area contributed by atoms with Gasteiger partial charge in [-0.15, -0.1) is 0 Å². The lowest BCUT2D eigenvalue weighted by molar-refractivity contribution is -0.146. The van der Waals surface area contributed by atoms with Gasteiger partial charge in [-0.2, -0.15) is 0 Å². The molecule has 0 aliphatic rings. The summed E-state index contributed by atoms with van der Waals surface area (Å²) in [7, 11) is 0. The number of nitrogens with one attached hydrogen (secondary N) is 1. The van der Waals surface area contributed by atoms with Crippen molar-refractivity contribution < 1.29 is 24.2 Å². The van der Waals surface area contributed by atoms with E-state index >= 15 is 0 Å². The minimum Gasteiger partial charge on any atom is -0.481 e. The Morgan fingerprint density at radius 1 is 0.853 bits per heavy atom. The number of hydrogen-bond donors (Lipinski definition) is 2. The number of rotatable bonds is 11. The van der Waals surface area contributed by atoms with E-state index in [-0.39, 0.29) is 25.9 Å². The van der Waals surface area contributed by atoms with Crippen molar-refractivity contribution in [3.63, 3.8) is 0 Å². The summed E-state index contributed by atoms with van der Waals surface area (Å²) in [6.45, 7) is 0.147. The first-order chi connectivity index (χ1) is 16.4. The van der Waals surface area contributed by atoms with Crippen LogP contribution in [0.3, 0.4) is 0 Å². The van der Waals surface area contributed by atoms with Crippen LogP contribution in [-0.2, 0) is 32.1 Å². The summed E-state index contributed by atoms with van der Waals surface area (Å²) in [5.41, 5.74) is 3.78. The summed E-state index contributed by atoms with van der Waals surface area (Å²) in [6.07, 6.45) is -0.0549. The minimum atomic E-state index is -1.05. The number of esters is 1. The van der Waals surface area contributed by atoms with Crippen molar-refractivity contribution in [1.82, 2.24) is 5.32 Å². The number of aliphatic carboxylic acids is 1. The zero-order valence-electron chi connectivity index (χ0n) is 18.6. The van der Waals surface area contributed by atoms with Crippen LogP contribution in [0.1, 0.15) is 30.4 Å². The highest BCUT2D eigenvalue weighted by Gasteiger charge is 2.19. The Morgan fingerprint density at radius 3 is 2.26 bits per heavy atom. The van der Waals surface area contributed by atoms with Gasteiger partial charge >= 0.3 is 11.9 Å². The largest absolute Gasteiger partial charge is 0.481 e. The van der Waals surface area contributed by atoms with Crippen molar-refractivity contribution in [1.29, 1.82) is 0 Å². The number of benzene rings is 3. The maximum Gasteiger partial charge on any atom is 0.308 e. The molecule has 0 aliphatic heterocycles. The first-order valence-corrected chi connectivity index (χ1v) is 11.3. The van der Waals surface area contributed by atoms with Crippen LogP contribution in [-0.4, -0.2) is 29.0 Å². The average Bonchev–Trinajstić information content (AvgIpc) is 2.82. The fourth-order valence-electron chi connectivity index (χ4n) is 3.48. The molecule has 0 aromatic heterocycles. The van der Waals surface area contributed by atoms with E-state index in [0.29, 0.717) is 11.4 Å². The molecular weight excluding hydrogens is 454 g/mol. The van der Waals surface area contributed by atoms with Gasteiger partial charge in [-0.1, -0.05) is 78.3 Å². The third-order valence-corrected chi connectivity index (χ3v) is 5.42. The van der Waals surface area contributed by atoms with Gasteiger partial charge in [-0.05, 0) is 40.8 Å². The Bertz CT molecular complexity index is 1120. The van der Waals surface area contributed by atoms with Crippen molar-refractivity contribution in [2.75, 3.05) is 0 Å². The van der Waals surface area contributed by atoms with Crippen LogP contribution in [0.2, 0.25) is 5.02 Å². The molecular formula is C27H26ClNO5. The van der Waals surface area contributed by atoms with Gasteiger partial charge in [0.2, 0.25) is 5.91 Å². The van der Waals surface area contributed by atoms with Crippen molar-refractivity contribution >= 4 is 29.4 Å². The van der Waals surface area contributed by atoms with Gasteiger partial charge in [0, 0.05) is 17.5 Å². The zero-order valence-corrected chi connectivity index (χ0v) is 19.3. The van der Waals surface area contributed by atoms with E-state index in [2.05, 4.69) is 5.32 Å². The Labute approximate surface area is 203 Å². The number of carbonyl (C=O) groups excluding carboxylic acids is 2. The maximum atomic E-state index is 12.5. The summed E-state index contributed by atoms with van der Waals surface area (Å²) < 4.78 is 5.37. The topological polar surface area (TPSA) is 92.7 Å². The molecule has 3 rings (SSSR count). The lowest BCUT2D eigenvalue weighted by Gasteiger charge is -2.18. The number of halogens is 1. The molecule has 1 amide bonds. The average molecular weight is 480 g/mol. The molecule has 2 N–H and O–H groups in total. The summed E-state index contributed by atoms with van der Waals surface area (Å²) in [6, 6.07) is 24.1. The molecule has 3 aromatic rings. The number of carbonyl (C=O) groups is 3. The van der Waals surface area contributed by atoms with Gasteiger partial charge in [0.15, 0.2) is 0 Å². The van der Waals surface area contributed by atoms with E-state index in [1.165, 1.54) is 0 Å². The lowest BCUT2D eigenvalue weighted by atomic mass is 9.99. The monoisotopic (exact) mass is 479 g/mol. The quantitative estimate of drug-likeness (QED) is 0.376. The van der Waals surface area contributed by atoms with Gasteiger partial charge in [0.05, 0.1) is 12.8 Å². The molecule has 0 unspecified atom stereocenters. The molecule has 0 fully saturated rings. The van der Waals surface area contributed by atoms with E-state index in [4.69, 9.17) is 21.4 Å². The summed E-state index contributed by atoms with van der Waals surface area (Å²) in [5.74, 6) is -1.91. The molecule has 0 aliphatic carbocycles. The highest BCUT2D eigenvalue weighted by molar-refractivity contribution is 6.30. The van der Waals surface area contributed by atoms with Crippen molar-refractivity contribution in [2.24, 2.45) is 0 Å². The molecule has 0 heterocycles. The smallest absolute Gasteiger partial charge is 0.308 e. The van der Waals surface area contributed by atoms with Crippen LogP contribution in [0.5, 0.6) is 0 Å². The Balaban J connectivity index is 1.65. The van der Waals surface area contributed by atoms with Crippen LogP contribution < -0.4 is 5.32 Å². The third-order valence-electron chi connectivity index (χ3n) is 5.18. The SMILES string of the molecule is O=C(O)CCC(=O)N[C@@H](CC(=O)OCc1ccccc1)Cc1ccc(-c2cccc(Cl)c2)cc1. The zero-order chi connectivity index (χ0) is 24.3. The Kier molecular flexibility index (Phi) is 9.23. The van der Waals surface area contributed by atoms with Crippen molar-refractivity contribution in [2.45, 2.75) is 38.3 Å². The fraction of sp³-hybridized carbons (Fsp3) is 0.222. The molecule has 176 valence electrons. The van der Waals surface area contributed by atoms with Crippen LogP contribution in [0.25, 0.3) is 11.1 Å². The van der Waals surface area contributed by atoms with Crippen LogP contribution in [0.4, 0.5) is 0 Å². The Hall–Kier alpha value is -3.64. The lowest BCUT2D eigenvalue weighted by Crippen LogP contribution is -2.38. The fourth-order valence-corrected chi connectivity index (χ4v) is 3.67. The number of ether oxygens (including phenoxy) is 1. The first-order valence-electron chi connectivity index (χ1n) is 10.9. The molecule has 0 saturated carbocycles. The van der Waals surface area contributed by atoms with E-state index in [0.717, 1.165) is 22.3 Å². The summed E-state index contributed by atoms with van der Waals surface area (Å²) in [4.78, 5) is 35.5. The number of carboxylic acid groups (broad SMARTS) is 1. The Morgan fingerprint density at radius 2 is 1.59 bits per heavy atom. The van der Waals surface area contributed by atoms with Gasteiger partial charge in [-0.3, -0.25) is 14.4 Å². The van der Waals surface area contributed by atoms with Crippen LogP contribution in [0, 0.1) is 0 Å². The summed E-state index contributed by atoms with van der Waals surface area (Å²) >= 11 is 6.08. The molecule has 0 bridgehead atoms. The van der Waals surface area contributed by atoms with E-state index in [1.54, 1.807) is 0 Å². The second-order valence-corrected chi connectivity index (χ2v) is 8.36. The van der Waals surface area contributed by atoms with Gasteiger partial charge in [0.1, 0.15) is 6.61 Å². The molecule has 0 spiro atoms. The maximum absolute atomic E-state index is 12.5. The highest BCUT2D eigenvalue weighted by atomic mass is 35.5. The minimum absolute atomic E-state index is 0.0261. The van der Waals surface area contributed by atoms with E-state index < -0.39 is 23.9 Å². The molecule has 34 heavy (non-hydrogen) atoms. The molecule has 3 aromatic carbocycles. The molecule has 1 atom stereocenters. The summed E-state index contributed by atoms with van der Waals surface area (Å²) in [5, 5.41) is 12.3. The number of hydrogen-bond acceptors (Lipinski definition) is 4. The molecule has 6 nitrogen and oxygen atoms in total. The van der Waals surface area contributed by atoms with Gasteiger partial charge in [-0.25, -0.2) is 0 Å². The predicted molar refractivity (Wildman–Crippen MR) is 130 cm³/mol. The number of carboxylic acids is 1. The normalized spacial score (nSPS) is 11.4. The van der Waals surface area contributed by atoms with E-state index in [9.17, 15) is 14.4 Å². The van der Waals surface area contributed by atoms with Gasteiger partial charge < -0.3 is 15.2 Å². The standard InChI is InChI=1S/C27H26ClNO5/c28-23-8-4-7-22(16-23)21-11-9-19(10-12-21)15-24(29-25(30)13-14-26(31)32)17-27(33)34-18-20-5-2-1-3-6-20/h1-12,16,24H,13-15,17-18H2,(H,29,30)(H,31,32)/t24-/m1/s1. The molecule has 0 radical (unpaired) electrons. The van der Waals surface area contributed by atoms with Crippen LogP contribution in [0.15, 0.2) is 78.9 Å².